The van der Waals surface area contributed by atoms with E-state index in [-0.39, 0.29) is 0 Å². The number of carbonyl (C=O) groups is 2. The fourth-order valence-corrected chi connectivity index (χ4v) is 4.50. The fourth-order valence-electron chi connectivity index (χ4n) is 4.50. The third-order valence-corrected chi connectivity index (χ3v) is 7.19. The Balaban J connectivity index is 2.40. The number of hydrogen-bond acceptors (Lipinski definition) is 5. The SMILES string of the molecule is CCCCCCCCOC(=O)C(C)(CCCCCCOCc1ccccc1)C(=O)OCCCCCCCC. The van der Waals surface area contributed by atoms with E-state index in [0.717, 1.165) is 64.2 Å². The van der Waals surface area contributed by atoms with Crippen LogP contribution in [0.25, 0.3) is 0 Å². The summed E-state index contributed by atoms with van der Waals surface area (Å²) in [5.74, 6) is -0.851. The van der Waals surface area contributed by atoms with E-state index in [1.54, 1.807) is 6.92 Å². The molecule has 0 unspecified atom stereocenters. The molecule has 0 radical (unpaired) electrons. The zero-order valence-electron chi connectivity index (χ0n) is 24.8. The highest BCUT2D eigenvalue weighted by atomic mass is 16.6. The summed E-state index contributed by atoms with van der Waals surface area (Å²) >= 11 is 0. The number of rotatable bonds is 25. The van der Waals surface area contributed by atoms with E-state index in [0.29, 0.717) is 32.8 Å². The van der Waals surface area contributed by atoms with Gasteiger partial charge in [-0.1, -0.05) is 128 Å². The summed E-state index contributed by atoms with van der Waals surface area (Å²) in [4.78, 5) is 26.1. The highest BCUT2D eigenvalue weighted by molar-refractivity contribution is 5.99. The summed E-state index contributed by atoms with van der Waals surface area (Å²) in [6, 6.07) is 10.2. The fraction of sp³-hybridized carbons (Fsp3) is 0.758. The number of hydrogen-bond donors (Lipinski definition) is 0. The van der Waals surface area contributed by atoms with Crippen LogP contribution >= 0.6 is 0 Å². The Morgan fingerprint density at radius 2 is 1.05 bits per heavy atom. The van der Waals surface area contributed by atoms with Gasteiger partial charge in [-0.25, -0.2) is 0 Å². The Hall–Kier alpha value is -1.88. The number of esters is 2. The van der Waals surface area contributed by atoms with Gasteiger partial charge in [0.25, 0.3) is 0 Å². The van der Waals surface area contributed by atoms with Gasteiger partial charge in [0.15, 0.2) is 5.41 Å². The third kappa shape index (κ3) is 16.2. The molecule has 0 saturated carbocycles. The van der Waals surface area contributed by atoms with Crippen LogP contribution in [0.2, 0.25) is 0 Å². The number of carbonyl (C=O) groups excluding carboxylic acids is 2. The maximum absolute atomic E-state index is 13.0. The van der Waals surface area contributed by atoms with Crippen LogP contribution in [0.3, 0.4) is 0 Å². The van der Waals surface area contributed by atoms with Gasteiger partial charge < -0.3 is 14.2 Å². The molecule has 38 heavy (non-hydrogen) atoms. The van der Waals surface area contributed by atoms with Crippen LogP contribution < -0.4 is 0 Å². The van der Waals surface area contributed by atoms with Gasteiger partial charge >= 0.3 is 11.9 Å². The van der Waals surface area contributed by atoms with Crippen LogP contribution in [0.15, 0.2) is 30.3 Å². The number of unbranched alkanes of at least 4 members (excludes halogenated alkanes) is 13. The zero-order chi connectivity index (χ0) is 27.7. The summed E-state index contributed by atoms with van der Waals surface area (Å²) in [5.41, 5.74) is -0.0453. The molecule has 0 saturated heterocycles. The van der Waals surface area contributed by atoms with Crippen molar-refractivity contribution in [3.05, 3.63) is 35.9 Å². The van der Waals surface area contributed by atoms with Crippen molar-refractivity contribution in [1.82, 2.24) is 0 Å². The molecule has 0 bridgehead atoms. The van der Waals surface area contributed by atoms with Gasteiger partial charge in [-0.05, 0) is 38.2 Å². The average Bonchev–Trinajstić information content (AvgIpc) is 2.93. The van der Waals surface area contributed by atoms with Gasteiger partial charge in [-0.15, -0.1) is 0 Å². The second kappa shape index (κ2) is 23.0. The molecule has 0 fully saturated rings. The normalized spacial score (nSPS) is 11.4. The molecule has 1 aromatic rings. The molecule has 1 aromatic carbocycles. The van der Waals surface area contributed by atoms with E-state index in [1.165, 1.54) is 44.1 Å². The van der Waals surface area contributed by atoms with Crippen molar-refractivity contribution >= 4 is 11.9 Å². The van der Waals surface area contributed by atoms with Crippen LogP contribution in [-0.2, 0) is 30.4 Å². The third-order valence-electron chi connectivity index (χ3n) is 7.19. The largest absolute Gasteiger partial charge is 0.465 e. The Morgan fingerprint density at radius 3 is 1.58 bits per heavy atom. The Labute approximate surface area is 233 Å². The van der Waals surface area contributed by atoms with E-state index in [4.69, 9.17) is 14.2 Å². The molecule has 0 aliphatic rings. The van der Waals surface area contributed by atoms with Crippen molar-refractivity contribution < 1.29 is 23.8 Å². The summed E-state index contributed by atoms with van der Waals surface area (Å²) in [6.07, 6.45) is 17.7. The summed E-state index contributed by atoms with van der Waals surface area (Å²) < 4.78 is 17.0. The number of benzene rings is 1. The van der Waals surface area contributed by atoms with Crippen molar-refractivity contribution in [2.45, 2.75) is 137 Å². The van der Waals surface area contributed by atoms with Crippen molar-refractivity contribution in [3.8, 4) is 0 Å². The molecular weight excluding hydrogens is 476 g/mol. The first-order valence-corrected chi connectivity index (χ1v) is 15.5. The quantitative estimate of drug-likeness (QED) is 0.0714. The summed E-state index contributed by atoms with van der Waals surface area (Å²) in [5, 5.41) is 0. The lowest BCUT2D eigenvalue weighted by molar-refractivity contribution is -0.172. The van der Waals surface area contributed by atoms with E-state index in [9.17, 15) is 9.59 Å². The van der Waals surface area contributed by atoms with Gasteiger partial charge in [-0.3, -0.25) is 9.59 Å². The summed E-state index contributed by atoms with van der Waals surface area (Å²) in [6.45, 7) is 8.22. The van der Waals surface area contributed by atoms with Crippen LogP contribution in [0.5, 0.6) is 0 Å². The van der Waals surface area contributed by atoms with Crippen molar-refractivity contribution in [1.29, 1.82) is 0 Å². The topological polar surface area (TPSA) is 61.8 Å². The van der Waals surface area contributed by atoms with E-state index < -0.39 is 17.4 Å². The predicted octanol–water partition coefficient (Wildman–Crippen LogP) is 8.97. The zero-order valence-corrected chi connectivity index (χ0v) is 24.8. The minimum absolute atomic E-state index is 0.379. The molecule has 5 heteroatoms. The van der Waals surface area contributed by atoms with Gasteiger partial charge in [0.2, 0.25) is 0 Å². The van der Waals surface area contributed by atoms with Crippen LogP contribution in [0, 0.1) is 5.41 Å². The van der Waals surface area contributed by atoms with Crippen LogP contribution in [-0.4, -0.2) is 31.8 Å². The lowest BCUT2D eigenvalue weighted by atomic mass is 9.84. The van der Waals surface area contributed by atoms with E-state index in [2.05, 4.69) is 26.0 Å². The van der Waals surface area contributed by atoms with Crippen LogP contribution in [0.1, 0.15) is 135 Å². The van der Waals surface area contributed by atoms with Crippen molar-refractivity contribution in [2.75, 3.05) is 19.8 Å². The molecule has 0 spiro atoms. The molecule has 0 aliphatic carbocycles. The summed E-state index contributed by atoms with van der Waals surface area (Å²) in [7, 11) is 0. The molecule has 1 rings (SSSR count). The predicted molar refractivity (Wildman–Crippen MR) is 156 cm³/mol. The van der Waals surface area contributed by atoms with Crippen LogP contribution in [0.4, 0.5) is 0 Å². The molecule has 218 valence electrons. The van der Waals surface area contributed by atoms with E-state index >= 15 is 0 Å². The molecule has 0 amide bonds. The van der Waals surface area contributed by atoms with E-state index in [1.807, 2.05) is 18.2 Å². The lowest BCUT2D eigenvalue weighted by Crippen LogP contribution is -2.39. The first-order valence-electron chi connectivity index (χ1n) is 15.5. The monoisotopic (exact) mass is 532 g/mol. The van der Waals surface area contributed by atoms with Crippen molar-refractivity contribution in [2.24, 2.45) is 5.41 Å². The second-order valence-corrected chi connectivity index (χ2v) is 10.8. The molecule has 0 N–H and O–H groups in total. The van der Waals surface area contributed by atoms with Gasteiger partial charge in [0, 0.05) is 6.61 Å². The molecule has 0 aromatic heterocycles. The van der Waals surface area contributed by atoms with Gasteiger partial charge in [-0.2, -0.15) is 0 Å². The smallest absolute Gasteiger partial charge is 0.323 e. The van der Waals surface area contributed by atoms with Gasteiger partial charge in [0.05, 0.1) is 19.8 Å². The Kier molecular flexibility index (Phi) is 20.7. The van der Waals surface area contributed by atoms with Crippen molar-refractivity contribution in [3.63, 3.8) is 0 Å². The second-order valence-electron chi connectivity index (χ2n) is 10.8. The molecule has 5 nitrogen and oxygen atoms in total. The molecular formula is C33H56O5. The minimum Gasteiger partial charge on any atom is -0.465 e. The minimum atomic E-state index is -1.23. The highest BCUT2D eigenvalue weighted by Crippen LogP contribution is 2.29. The first-order chi connectivity index (χ1) is 18.5. The maximum atomic E-state index is 13.0. The molecule has 0 heterocycles. The standard InChI is InChI=1S/C33H56O5/c1-4-6-8-10-13-21-27-37-31(34)33(3,32(35)38-28-22-14-11-9-7-5-2)25-19-12-15-20-26-36-29-30-23-17-16-18-24-30/h16-18,23-24H,4-15,19-22,25-29H2,1-3H3. The molecule has 0 atom stereocenters. The first kappa shape index (κ1) is 34.1. The Bertz CT molecular complexity index is 673. The van der Waals surface area contributed by atoms with Gasteiger partial charge in [0.1, 0.15) is 0 Å². The Morgan fingerprint density at radius 1 is 0.605 bits per heavy atom. The highest BCUT2D eigenvalue weighted by Gasteiger charge is 2.43. The number of ether oxygens (including phenoxy) is 3. The maximum Gasteiger partial charge on any atom is 0.323 e. The lowest BCUT2D eigenvalue weighted by Gasteiger charge is -2.25. The average molecular weight is 533 g/mol. The molecule has 0 aliphatic heterocycles.